The van der Waals surface area contributed by atoms with Gasteiger partial charge >= 0.3 is 0 Å². The summed E-state index contributed by atoms with van der Waals surface area (Å²) >= 11 is 0. The van der Waals surface area contributed by atoms with Crippen LogP contribution in [0, 0.1) is 11.8 Å². The van der Waals surface area contributed by atoms with E-state index in [0.29, 0.717) is 6.61 Å². The lowest BCUT2D eigenvalue weighted by molar-refractivity contribution is 0.282. The third-order valence-electron chi connectivity index (χ3n) is 2.37. The number of aliphatic hydroxyl groups excluding tert-OH is 1. The van der Waals surface area contributed by atoms with E-state index in [1.165, 1.54) is 0 Å². The van der Waals surface area contributed by atoms with Gasteiger partial charge < -0.3 is 10.4 Å². The quantitative estimate of drug-likeness (QED) is 0.574. The summed E-state index contributed by atoms with van der Waals surface area (Å²) in [4.78, 5) is 0. The van der Waals surface area contributed by atoms with Crippen LogP contribution >= 0.6 is 0 Å². The molecular weight excluding hydrogens is 150 g/mol. The monoisotopic (exact) mass is 173 g/mol. The summed E-state index contributed by atoms with van der Waals surface area (Å²) in [6.07, 6.45) is 2.00. The van der Waals surface area contributed by atoms with Crippen molar-refractivity contribution in [3.63, 3.8) is 0 Å². The van der Waals surface area contributed by atoms with Crippen LogP contribution < -0.4 is 5.32 Å². The first-order chi connectivity index (χ1) is 5.68. The highest BCUT2D eigenvalue weighted by Crippen LogP contribution is 2.07. The van der Waals surface area contributed by atoms with E-state index < -0.39 is 0 Å². The van der Waals surface area contributed by atoms with Crippen molar-refractivity contribution in [3.8, 4) is 0 Å². The van der Waals surface area contributed by atoms with E-state index in [0.717, 1.165) is 37.8 Å². The van der Waals surface area contributed by atoms with Crippen LogP contribution in [-0.2, 0) is 0 Å². The molecule has 74 valence electrons. The van der Waals surface area contributed by atoms with Gasteiger partial charge in [-0.15, -0.1) is 0 Å². The van der Waals surface area contributed by atoms with Gasteiger partial charge in [0.25, 0.3) is 0 Å². The summed E-state index contributed by atoms with van der Waals surface area (Å²) in [6, 6.07) is 0. The Balaban J connectivity index is 3.08. The molecule has 0 saturated carbocycles. The summed E-state index contributed by atoms with van der Waals surface area (Å²) in [5.74, 6) is 1.51. The average molecular weight is 173 g/mol. The van der Waals surface area contributed by atoms with E-state index in [1.54, 1.807) is 0 Å². The molecule has 2 nitrogen and oxygen atoms in total. The Morgan fingerprint density at radius 1 is 1.17 bits per heavy atom. The first-order valence-electron chi connectivity index (χ1n) is 5.00. The van der Waals surface area contributed by atoms with E-state index in [2.05, 4.69) is 26.1 Å². The lowest BCUT2D eigenvalue weighted by atomic mass is 9.98. The SMILES string of the molecule is CC(C)C(C)CNCCCCO. The molecule has 0 saturated heterocycles. The van der Waals surface area contributed by atoms with Crippen LogP contribution in [0.5, 0.6) is 0 Å². The topological polar surface area (TPSA) is 32.3 Å². The average Bonchev–Trinajstić information content (AvgIpc) is 2.03. The molecule has 0 aliphatic rings. The van der Waals surface area contributed by atoms with E-state index in [9.17, 15) is 0 Å². The Morgan fingerprint density at radius 3 is 2.33 bits per heavy atom. The van der Waals surface area contributed by atoms with Gasteiger partial charge in [0.2, 0.25) is 0 Å². The first kappa shape index (κ1) is 11.9. The summed E-state index contributed by atoms with van der Waals surface area (Å²) in [5.41, 5.74) is 0. The highest BCUT2D eigenvalue weighted by Gasteiger charge is 2.04. The van der Waals surface area contributed by atoms with Gasteiger partial charge in [-0.25, -0.2) is 0 Å². The third kappa shape index (κ3) is 6.62. The highest BCUT2D eigenvalue weighted by atomic mass is 16.2. The minimum Gasteiger partial charge on any atom is -0.396 e. The zero-order valence-corrected chi connectivity index (χ0v) is 8.64. The fraction of sp³-hybridized carbons (Fsp3) is 1.00. The standard InChI is InChI=1S/C10H23NO/c1-9(2)10(3)8-11-6-4-5-7-12/h9-12H,4-8H2,1-3H3. The molecule has 0 aliphatic carbocycles. The molecule has 12 heavy (non-hydrogen) atoms. The molecule has 0 aromatic rings. The molecule has 0 aliphatic heterocycles. The lowest BCUT2D eigenvalue weighted by Gasteiger charge is -2.15. The van der Waals surface area contributed by atoms with Gasteiger partial charge in [-0.2, -0.15) is 0 Å². The van der Waals surface area contributed by atoms with Gasteiger partial charge in [0, 0.05) is 6.61 Å². The van der Waals surface area contributed by atoms with Crippen LogP contribution in [0.2, 0.25) is 0 Å². The van der Waals surface area contributed by atoms with Crippen LogP contribution in [0.15, 0.2) is 0 Å². The van der Waals surface area contributed by atoms with Crippen LogP contribution in [0.25, 0.3) is 0 Å². The predicted molar refractivity (Wildman–Crippen MR) is 53.2 cm³/mol. The van der Waals surface area contributed by atoms with Gasteiger partial charge in [0.15, 0.2) is 0 Å². The van der Waals surface area contributed by atoms with Gasteiger partial charge in [0.05, 0.1) is 0 Å². The zero-order valence-electron chi connectivity index (χ0n) is 8.64. The molecule has 1 atom stereocenters. The zero-order chi connectivity index (χ0) is 9.40. The molecule has 0 rings (SSSR count). The molecule has 2 heteroatoms. The Labute approximate surface area is 76.4 Å². The molecule has 0 heterocycles. The van der Waals surface area contributed by atoms with Crippen molar-refractivity contribution in [2.45, 2.75) is 33.6 Å². The van der Waals surface area contributed by atoms with E-state index >= 15 is 0 Å². The number of hydrogen-bond acceptors (Lipinski definition) is 2. The largest absolute Gasteiger partial charge is 0.396 e. The van der Waals surface area contributed by atoms with Crippen molar-refractivity contribution in [2.75, 3.05) is 19.7 Å². The van der Waals surface area contributed by atoms with Crippen molar-refractivity contribution in [3.05, 3.63) is 0 Å². The Kier molecular flexibility index (Phi) is 7.51. The van der Waals surface area contributed by atoms with Gasteiger partial charge in [-0.1, -0.05) is 20.8 Å². The van der Waals surface area contributed by atoms with Crippen LogP contribution in [0.4, 0.5) is 0 Å². The summed E-state index contributed by atoms with van der Waals surface area (Å²) < 4.78 is 0. The smallest absolute Gasteiger partial charge is 0.0431 e. The second kappa shape index (κ2) is 7.56. The molecule has 0 fully saturated rings. The van der Waals surface area contributed by atoms with E-state index in [-0.39, 0.29) is 0 Å². The fourth-order valence-corrected chi connectivity index (χ4v) is 0.927. The van der Waals surface area contributed by atoms with Crippen molar-refractivity contribution in [1.29, 1.82) is 0 Å². The molecule has 0 amide bonds. The van der Waals surface area contributed by atoms with E-state index in [4.69, 9.17) is 5.11 Å². The summed E-state index contributed by atoms with van der Waals surface area (Å²) in [5, 5.41) is 11.9. The van der Waals surface area contributed by atoms with Gasteiger partial charge in [-0.3, -0.25) is 0 Å². The predicted octanol–water partition coefficient (Wildman–Crippen LogP) is 1.64. The first-order valence-corrected chi connectivity index (χ1v) is 5.00. The maximum absolute atomic E-state index is 8.54. The molecule has 0 aromatic carbocycles. The van der Waals surface area contributed by atoms with Crippen LogP contribution in [-0.4, -0.2) is 24.8 Å². The molecule has 0 aromatic heterocycles. The number of nitrogens with one attached hydrogen (secondary N) is 1. The normalized spacial score (nSPS) is 13.8. The molecule has 2 N–H and O–H groups in total. The summed E-state index contributed by atoms with van der Waals surface area (Å²) in [6.45, 7) is 9.23. The second-order valence-corrected chi connectivity index (χ2v) is 3.86. The second-order valence-electron chi connectivity index (χ2n) is 3.86. The van der Waals surface area contributed by atoms with Crippen molar-refractivity contribution < 1.29 is 5.11 Å². The van der Waals surface area contributed by atoms with Crippen LogP contribution in [0.3, 0.4) is 0 Å². The number of aliphatic hydroxyl groups is 1. The van der Waals surface area contributed by atoms with E-state index in [1.807, 2.05) is 0 Å². The van der Waals surface area contributed by atoms with Gasteiger partial charge in [-0.05, 0) is 37.8 Å². The molecule has 0 spiro atoms. The Hall–Kier alpha value is -0.0800. The Bertz CT molecular complexity index is 93.8. The number of rotatable bonds is 7. The molecule has 0 radical (unpaired) electrons. The number of hydrogen-bond donors (Lipinski definition) is 2. The molecule has 1 unspecified atom stereocenters. The fourth-order valence-electron chi connectivity index (χ4n) is 0.927. The van der Waals surface area contributed by atoms with Crippen molar-refractivity contribution in [1.82, 2.24) is 5.32 Å². The number of unbranched alkanes of at least 4 members (excludes halogenated alkanes) is 1. The van der Waals surface area contributed by atoms with Crippen molar-refractivity contribution >= 4 is 0 Å². The third-order valence-corrected chi connectivity index (χ3v) is 2.37. The lowest BCUT2D eigenvalue weighted by Crippen LogP contribution is -2.25. The van der Waals surface area contributed by atoms with Crippen molar-refractivity contribution in [2.24, 2.45) is 11.8 Å². The molecule has 0 bridgehead atoms. The van der Waals surface area contributed by atoms with Crippen LogP contribution in [0.1, 0.15) is 33.6 Å². The minimum atomic E-state index is 0.321. The minimum absolute atomic E-state index is 0.321. The van der Waals surface area contributed by atoms with Gasteiger partial charge in [0.1, 0.15) is 0 Å². The molecular formula is C10H23NO. The highest BCUT2D eigenvalue weighted by molar-refractivity contribution is 4.60. The summed E-state index contributed by atoms with van der Waals surface area (Å²) in [7, 11) is 0. The Morgan fingerprint density at radius 2 is 1.83 bits per heavy atom. The maximum atomic E-state index is 8.54. The maximum Gasteiger partial charge on any atom is 0.0431 e.